The number of hydrogen-bond acceptors (Lipinski definition) is 2. The number of aromatic nitrogens is 4. The standard InChI is InChI=1S/C21H24N2.C4H4N2S.Au/c1-14-9-16(3)20(17(4)10-14)22-7-8-23(13-22)21-18(5)11-15(2)12-19(21)6;7-4-5-2-1-3-6-4;/h7-12H,1-6H3;1-3H,(H,5,6,7);/q;;+1. The van der Waals surface area contributed by atoms with Crippen molar-refractivity contribution in [2.75, 3.05) is 0 Å². The number of aryl methyl sites for hydroxylation is 6. The predicted octanol–water partition coefficient (Wildman–Crippen LogP) is 5.54. The number of hydrogen-bond donors (Lipinski definition) is 1. The molecule has 0 saturated carbocycles. The van der Waals surface area contributed by atoms with Crippen LogP contribution in [-0.4, -0.2) is 14.5 Å². The van der Waals surface area contributed by atoms with Crippen LogP contribution in [0.1, 0.15) is 33.4 Å². The summed E-state index contributed by atoms with van der Waals surface area (Å²) in [5, 5.41) is 0. The third-order valence-corrected chi connectivity index (χ3v) is 5.14. The number of benzene rings is 2. The van der Waals surface area contributed by atoms with E-state index in [0.717, 1.165) is 0 Å². The van der Waals surface area contributed by atoms with E-state index in [-0.39, 0.29) is 22.4 Å². The minimum atomic E-state index is 0. The molecular weight excluding hydrogens is 585 g/mol. The summed E-state index contributed by atoms with van der Waals surface area (Å²) < 4.78 is 4.73. The van der Waals surface area contributed by atoms with Crippen molar-refractivity contribution in [1.82, 2.24) is 14.5 Å². The molecule has 2 aromatic carbocycles. The minimum Gasteiger partial charge on any atom is -0.337 e. The second-order valence-corrected chi connectivity index (χ2v) is 8.11. The molecule has 1 N–H and O–H groups in total. The largest absolute Gasteiger partial charge is 1.00 e. The maximum Gasteiger partial charge on any atom is 1.00 e. The zero-order valence-electron chi connectivity index (χ0n) is 18.7. The third-order valence-electron chi connectivity index (χ3n) is 4.91. The number of H-pyrrole nitrogens is 1. The summed E-state index contributed by atoms with van der Waals surface area (Å²) >= 11 is 4.65. The molecule has 0 aliphatic rings. The summed E-state index contributed by atoms with van der Waals surface area (Å²) in [4.78, 5) is 6.47. The van der Waals surface area contributed by atoms with Gasteiger partial charge in [0.1, 0.15) is 0 Å². The number of aromatic amines is 1. The van der Waals surface area contributed by atoms with Gasteiger partial charge in [-0.15, -0.1) is 0 Å². The first-order valence-corrected chi connectivity index (χ1v) is 10.4. The van der Waals surface area contributed by atoms with Gasteiger partial charge in [0.05, 0.1) is 11.4 Å². The van der Waals surface area contributed by atoms with Crippen LogP contribution in [-0.2, 0) is 22.4 Å². The van der Waals surface area contributed by atoms with Crippen LogP contribution >= 0.6 is 12.2 Å². The second kappa shape index (κ2) is 10.8. The number of rotatable bonds is 2. The number of imidazole rings is 1. The summed E-state index contributed by atoms with van der Waals surface area (Å²) in [6.45, 7) is 12.9. The van der Waals surface area contributed by atoms with E-state index < -0.39 is 0 Å². The maximum atomic E-state index is 4.65. The normalized spacial score (nSPS) is 10.1. The Morgan fingerprint density at radius 3 is 1.90 bits per heavy atom. The molecule has 4 nitrogen and oxygen atoms in total. The van der Waals surface area contributed by atoms with Crippen molar-refractivity contribution in [3.63, 3.8) is 0 Å². The van der Waals surface area contributed by atoms with Gasteiger partial charge in [-0.25, -0.2) is 4.98 Å². The van der Waals surface area contributed by atoms with Gasteiger partial charge < -0.3 is 4.98 Å². The monoisotopic (exact) mass is 613 g/mol. The van der Waals surface area contributed by atoms with E-state index >= 15 is 0 Å². The van der Waals surface area contributed by atoms with Crippen LogP contribution in [0.4, 0.5) is 0 Å². The van der Waals surface area contributed by atoms with Crippen LogP contribution in [0.5, 0.6) is 0 Å². The Labute approximate surface area is 205 Å². The molecule has 0 aliphatic carbocycles. The second-order valence-electron chi connectivity index (χ2n) is 7.72. The van der Waals surface area contributed by atoms with Crippen molar-refractivity contribution in [1.29, 1.82) is 0 Å². The first kappa shape index (κ1) is 25.0. The van der Waals surface area contributed by atoms with Crippen LogP contribution in [0.3, 0.4) is 0 Å². The zero-order chi connectivity index (χ0) is 21.8. The predicted molar refractivity (Wildman–Crippen MR) is 124 cm³/mol. The molecule has 2 heterocycles. The molecule has 4 rings (SSSR count). The van der Waals surface area contributed by atoms with Gasteiger partial charge in [0.25, 0.3) is 6.33 Å². The molecule has 0 atom stereocenters. The van der Waals surface area contributed by atoms with E-state index in [0.29, 0.717) is 4.77 Å². The van der Waals surface area contributed by atoms with Crippen molar-refractivity contribution < 1.29 is 26.9 Å². The average molecular weight is 614 g/mol. The smallest absolute Gasteiger partial charge is 0.337 e. The zero-order valence-corrected chi connectivity index (χ0v) is 21.7. The van der Waals surface area contributed by atoms with Crippen molar-refractivity contribution in [3.05, 3.63) is 99.6 Å². The molecule has 0 bridgehead atoms. The van der Waals surface area contributed by atoms with Gasteiger partial charge in [0.15, 0.2) is 4.77 Å². The van der Waals surface area contributed by atoms with Crippen molar-refractivity contribution in [2.45, 2.75) is 41.5 Å². The molecule has 2 aromatic heterocycles. The fraction of sp³-hybridized carbons (Fsp3) is 0.240. The Morgan fingerprint density at radius 2 is 1.45 bits per heavy atom. The van der Waals surface area contributed by atoms with Crippen LogP contribution in [0.2, 0.25) is 0 Å². The SMILES string of the molecule is Cc1cc(C)c(-n2[c-][n+](-c3c(C)cc(C)cc3C)cc2)c(C)c1.S=c1nccc[nH]1.[Au+]. The molecule has 0 unspecified atom stereocenters. The van der Waals surface area contributed by atoms with Gasteiger partial charge in [-0.2, -0.15) is 0 Å². The first-order chi connectivity index (χ1) is 14.3. The van der Waals surface area contributed by atoms with E-state index in [1.54, 1.807) is 18.5 Å². The molecule has 6 heteroatoms. The van der Waals surface area contributed by atoms with E-state index in [1.807, 2.05) is 0 Å². The fourth-order valence-corrected chi connectivity index (χ4v) is 4.11. The Kier molecular flexibility index (Phi) is 8.71. The van der Waals surface area contributed by atoms with Gasteiger partial charge in [-0.05, 0) is 82.1 Å². The van der Waals surface area contributed by atoms with E-state index in [1.165, 1.54) is 44.8 Å². The van der Waals surface area contributed by atoms with Crippen molar-refractivity contribution in [3.8, 4) is 11.4 Å². The average Bonchev–Trinajstić information content (AvgIpc) is 3.10. The third kappa shape index (κ3) is 6.11. The van der Waals surface area contributed by atoms with Crippen LogP contribution < -0.4 is 4.57 Å². The van der Waals surface area contributed by atoms with E-state index in [4.69, 9.17) is 0 Å². The Morgan fingerprint density at radius 1 is 0.903 bits per heavy atom. The molecule has 0 amide bonds. The summed E-state index contributed by atoms with van der Waals surface area (Å²) in [7, 11) is 0. The van der Waals surface area contributed by atoms with Crippen molar-refractivity contribution >= 4 is 12.2 Å². The molecule has 0 aliphatic heterocycles. The van der Waals surface area contributed by atoms with E-state index in [2.05, 4.69) is 116 Å². The quantitative estimate of drug-likeness (QED) is 0.140. The minimum absolute atomic E-state index is 0. The summed E-state index contributed by atoms with van der Waals surface area (Å²) in [6.07, 6.45) is 11.1. The number of nitrogens with zero attached hydrogens (tertiary/aromatic N) is 3. The molecule has 0 saturated heterocycles. The Hall–Kier alpha value is -2.31. The Bertz CT molecular complexity index is 1100. The molecule has 0 radical (unpaired) electrons. The van der Waals surface area contributed by atoms with Gasteiger partial charge >= 0.3 is 22.4 Å². The first-order valence-electron chi connectivity index (χ1n) is 9.94. The van der Waals surface area contributed by atoms with Gasteiger partial charge in [0, 0.05) is 24.8 Å². The van der Waals surface area contributed by atoms with E-state index in [9.17, 15) is 0 Å². The molecule has 31 heavy (non-hydrogen) atoms. The number of nitrogens with one attached hydrogen (secondary N) is 1. The van der Waals surface area contributed by atoms with Crippen LogP contribution in [0.15, 0.2) is 55.1 Å². The summed E-state index contributed by atoms with van der Waals surface area (Å²) in [5.74, 6) is 0. The summed E-state index contributed by atoms with van der Waals surface area (Å²) in [5.41, 5.74) is 10.1. The van der Waals surface area contributed by atoms with Gasteiger partial charge in [-0.1, -0.05) is 35.4 Å². The van der Waals surface area contributed by atoms with Crippen LogP contribution in [0.25, 0.3) is 11.4 Å². The Balaban J connectivity index is 0.000000364. The summed E-state index contributed by atoms with van der Waals surface area (Å²) in [6, 6.07) is 10.7. The van der Waals surface area contributed by atoms with Gasteiger partial charge in [0.2, 0.25) is 0 Å². The van der Waals surface area contributed by atoms with Gasteiger partial charge in [-0.3, -0.25) is 9.13 Å². The fourth-order valence-electron chi connectivity index (χ4n) is 3.98. The molecule has 0 fully saturated rings. The molecule has 164 valence electrons. The van der Waals surface area contributed by atoms with Crippen molar-refractivity contribution in [2.24, 2.45) is 0 Å². The molecular formula is C25H28AuN4S+. The molecule has 0 spiro atoms. The van der Waals surface area contributed by atoms with Crippen LogP contribution in [0, 0.1) is 52.6 Å². The molecule has 4 aromatic rings. The topological polar surface area (TPSA) is 37.5 Å². The maximum absolute atomic E-state index is 4.65.